The van der Waals surface area contributed by atoms with E-state index in [1.54, 1.807) is 0 Å². The number of ether oxygens (including phenoxy) is 2. The molecule has 0 radical (unpaired) electrons. The smallest absolute Gasteiger partial charge is 0.246 e. The van der Waals surface area contributed by atoms with E-state index in [0.29, 0.717) is 43.1 Å². The number of amides is 2. The predicted octanol–water partition coefficient (Wildman–Crippen LogP) is 2.75. The zero-order valence-corrected chi connectivity index (χ0v) is 18.0. The number of nitrogens with zero attached hydrogens (tertiary/aromatic N) is 2. The molecule has 2 aliphatic heterocycles. The van der Waals surface area contributed by atoms with Crippen LogP contribution in [0.2, 0.25) is 0 Å². The number of nitrogens with one attached hydrogen (secondary N) is 2. The van der Waals surface area contributed by atoms with Crippen molar-refractivity contribution >= 4 is 11.8 Å². The van der Waals surface area contributed by atoms with Crippen molar-refractivity contribution in [1.82, 2.24) is 20.8 Å². The highest BCUT2D eigenvalue weighted by Crippen LogP contribution is 2.36. The second-order valence-electron chi connectivity index (χ2n) is 8.35. The fraction of sp³-hybridized carbons (Fsp3) is 0.333. The van der Waals surface area contributed by atoms with Gasteiger partial charge in [0, 0.05) is 23.9 Å². The molecule has 9 nitrogen and oxygen atoms in total. The molecule has 0 bridgehead atoms. The SMILES string of the molecule is O=C(CC[C@@]1(Cc2ccc3c(c2)OCO3)CCC(=O)N1)NCc1nc(-c2ccccc2)no1. The molecule has 0 spiro atoms. The van der Waals surface area contributed by atoms with Crippen LogP contribution in [0.5, 0.6) is 11.5 Å². The number of hydrogen-bond donors (Lipinski definition) is 2. The highest BCUT2D eigenvalue weighted by atomic mass is 16.7. The summed E-state index contributed by atoms with van der Waals surface area (Å²) < 4.78 is 16.1. The summed E-state index contributed by atoms with van der Waals surface area (Å²) in [6.07, 6.45) is 2.55. The molecule has 1 fully saturated rings. The van der Waals surface area contributed by atoms with E-state index in [1.165, 1.54) is 0 Å². The van der Waals surface area contributed by atoms with E-state index < -0.39 is 5.54 Å². The Balaban J connectivity index is 1.17. The van der Waals surface area contributed by atoms with E-state index in [-0.39, 0.29) is 31.6 Å². The average Bonchev–Trinajstić information content (AvgIpc) is 3.57. The molecule has 2 aliphatic rings. The molecule has 1 atom stereocenters. The van der Waals surface area contributed by atoms with Crippen molar-refractivity contribution in [2.45, 2.75) is 44.2 Å². The first-order valence-corrected chi connectivity index (χ1v) is 10.9. The fourth-order valence-corrected chi connectivity index (χ4v) is 4.27. The van der Waals surface area contributed by atoms with Crippen LogP contribution >= 0.6 is 0 Å². The maximum Gasteiger partial charge on any atom is 0.246 e. The monoisotopic (exact) mass is 448 g/mol. The van der Waals surface area contributed by atoms with E-state index in [0.717, 1.165) is 16.9 Å². The molecule has 9 heteroatoms. The minimum atomic E-state index is -0.465. The third kappa shape index (κ3) is 4.82. The molecule has 2 N–H and O–H groups in total. The largest absolute Gasteiger partial charge is 0.454 e. The average molecular weight is 448 g/mol. The standard InChI is InChI=1S/C24H24N4O5/c29-20(25-14-22-26-23(28-33-22)17-4-2-1-3-5-17)8-10-24(11-9-21(30)27-24)13-16-6-7-18-19(12-16)32-15-31-18/h1-7,12H,8-11,13-15H2,(H,25,29)(H,27,30)/t24-/m0/s1. The van der Waals surface area contributed by atoms with Crippen molar-refractivity contribution in [3.05, 3.63) is 60.0 Å². The number of benzene rings is 2. The van der Waals surface area contributed by atoms with Gasteiger partial charge in [0.15, 0.2) is 11.5 Å². The third-order valence-electron chi connectivity index (χ3n) is 5.98. The lowest BCUT2D eigenvalue weighted by atomic mass is 9.85. The van der Waals surface area contributed by atoms with Gasteiger partial charge in [-0.05, 0) is 37.0 Å². The maximum atomic E-state index is 12.5. The van der Waals surface area contributed by atoms with Crippen LogP contribution in [0.15, 0.2) is 53.1 Å². The Morgan fingerprint density at radius 3 is 2.79 bits per heavy atom. The van der Waals surface area contributed by atoms with Gasteiger partial charge in [0.1, 0.15) is 0 Å². The van der Waals surface area contributed by atoms with Gasteiger partial charge in [-0.3, -0.25) is 9.59 Å². The number of rotatable bonds is 8. The van der Waals surface area contributed by atoms with Crippen LogP contribution in [0.3, 0.4) is 0 Å². The summed E-state index contributed by atoms with van der Waals surface area (Å²) in [5, 5.41) is 9.89. The first-order chi connectivity index (χ1) is 16.1. The van der Waals surface area contributed by atoms with Gasteiger partial charge in [0.25, 0.3) is 0 Å². The molecule has 3 heterocycles. The Morgan fingerprint density at radius 1 is 1.12 bits per heavy atom. The van der Waals surface area contributed by atoms with Gasteiger partial charge in [0.05, 0.1) is 6.54 Å². The Labute approximate surface area is 190 Å². The first kappa shape index (κ1) is 21.0. The number of fused-ring (bicyclic) bond motifs is 1. The summed E-state index contributed by atoms with van der Waals surface area (Å²) in [5.74, 6) is 2.12. The summed E-state index contributed by atoms with van der Waals surface area (Å²) in [5.41, 5.74) is 1.41. The molecular weight excluding hydrogens is 424 g/mol. The predicted molar refractivity (Wildman–Crippen MR) is 117 cm³/mol. The summed E-state index contributed by atoms with van der Waals surface area (Å²) in [6, 6.07) is 15.3. The summed E-state index contributed by atoms with van der Waals surface area (Å²) >= 11 is 0. The lowest BCUT2D eigenvalue weighted by Gasteiger charge is -2.29. The van der Waals surface area contributed by atoms with Gasteiger partial charge in [-0.25, -0.2) is 0 Å². The van der Waals surface area contributed by atoms with Crippen LogP contribution in [0, 0.1) is 0 Å². The van der Waals surface area contributed by atoms with Crippen LogP contribution in [0.1, 0.15) is 37.1 Å². The second kappa shape index (κ2) is 8.93. The summed E-state index contributed by atoms with van der Waals surface area (Å²) in [7, 11) is 0. The Morgan fingerprint density at radius 2 is 1.97 bits per heavy atom. The van der Waals surface area contributed by atoms with E-state index >= 15 is 0 Å². The number of hydrogen-bond acceptors (Lipinski definition) is 7. The molecule has 0 saturated carbocycles. The molecule has 5 rings (SSSR count). The Bertz CT molecular complexity index is 1160. The molecule has 0 unspecified atom stereocenters. The number of carbonyl (C=O) groups excluding carboxylic acids is 2. The fourth-order valence-electron chi connectivity index (χ4n) is 4.27. The van der Waals surface area contributed by atoms with Gasteiger partial charge < -0.3 is 24.6 Å². The topological polar surface area (TPSA) is 116 Å². The van der Waals surface area contributed by atoms with Crippen LogP contribution < -0.4 is 20.1 Å². The number of aromatic nitrogens is 2. The summed E-state index contributed by atoms with van der Waals surface area (Å²) in [4.78, 5) is 28.9. The molecule has 1 saturated heterocycles. The zero-order chi connectivity index (χ0) is 22.7. The first-order valence-electron chi connectivity index (χ1n) is 10.9. The van der Waals surface area contributed by atoms with E-state index in [1.807, 2.05) is 48.5 Å². The molecule has 3 aromatic rings. The Hall–Kier alpha value is -3.88. The molecule has 33 heavy (non-hydrogen) atoms. The highest BCUT2D eigenvalue weighted by molar-refractivity contribution is 5.80. The molecule has 1 aromatic heterocycles. The van der Waals surface area contributed by atoms with E-state index in [4.69, 9.17) is 14.0 Å². The molecule has 0 aliphatic carbocycles. The van der Waals surface area contributed by atoms with Crippen LogP contribution in [-0.2, 0) is 22.6 Å². The van der Waals surface area contributed by atoms with Gasteiger partial charge in [0.2, 0.25) is 30.3 Å². The van der Waals surface area contributed by atoms with Gasteiger partial charge in [-0.15, -0.1) is 0 Å². The van der Waals surface area contributed by atoms with Crippen molar-refractivity contribution in [3.63, 3.8) is 0 Å². The minimum Gasteiger partial charge on any atom is -0.454 e. The van der Waals surface area contributed by atoms with Crippen LogP contribution in [-0.4, -0.2) is 34.3 Å². The summed E-state index contributed by atoms with van der Waals surface area (Å²) in [6.45, 7) is 0.369. The lowest BCUT2D eigenvalue weighted by Crippen LogP contribution is -2.44. The van der Waals surface area contributed by atoms with Gasteiger partial charge >= 0.3 is 0 Å². The van der Waals surface area contributed by atoms with Crippen molar-refractivity contribution in [2.75, 3.05) is 6.79 Å². The van der Waals surface area contributed by atoms with E-state index in [9.17, 15) is 9.59 Å². The minimum absolute atomic E-state index is 0.00968. The quantitative estimate of drug-likeness (QED) is 0.544. The van der Waals surface area contributed by atoms with Gasteiger partial charge in [-0.1, -0.05) is 41.6 Å². The molecule has 2 amide bonds. The van der Waals surface area contributed by atoms with Crippen molar-refractivity contribution in [3.8, 4) is 22.9 Å². The number of carbonyl (C=O) groups is 2. The van der Waals surface area contributed by atoms with Crippen molar-refractivity contribution in [2.24, 2.45) is 0 Å². The highest BCUT2D eigenvalue weighted by Gasteiger charge is 2.38. The maximum absolute atomic E-state index is 12.5. The van der Waals surface area contributed by atoms with Gasteiger partial charge in [-0.2, -0.15) is 4.98 Å². The van der Waals surface area contributed by atoms with Crippen LogP contribution in [0.4, 0.5) is 0 Å². The molecule has 2 aromatic carbocycles. The normalized spacial score (nSPS) is 18.8. The van der Waals surface area contributed by atoms with Crippen molar-refractivity contribution in [1.29, 1.82) is 0 Å². The zero-order valence-electron chi connectivity index (χ0n) is 18.0. The van der Waals surface area contributed by atoms with Crippen LogP contribution in [0.25, 0.3) is 11.4 Å². The van der Waals surface area contributed by atoms with E-state index in [2.05, 4.69) is 20.8 Å². The molecule has 170 valence electrons. The third-order valence-corrected chi connectivity index (χ3v) is 5.98. The molecular formula is C24H24N4O5. The lowest BCUT2D eigenvalue weighted by molar-refractivity contribution is -0.123. The van der Waals surface area contributed by atoms with Crippen molar-refractivity contribution < 1.29 is 23.6 Å². The Kier molecular flexibility index (Phi) is 5.68. The second-order valence-corrected chi connectivity index (χ2v) is 8.35.